The average molecular weight is 285 g/mol. The Morgan fingerprint density at radius 1 is 1.30 bits per heavy atom. The molecule has 114 valence electrons. The Morgan fingerprint density at radius 2 is 2.00 bits per heavy atom. The minimum atomic E-state index is -1.05. The predicted molar refractivity (Wildman–Crippen MR) is 73.0 cm³/mol. The molecule has 0 fully saturated rings. The van der Waals surface area contributed by atoms with Gasteiger partial charge in [0, 0.05) is 25.7 Å². The highest BCUT2D eigenvalue weighted by Gasteiger charge is 2.28. The Bertz CT molecular complexity index is 437. The third kappa shape index (κ3) is 4.57. The van der Waals surface area contributed by atoms with E-state index in [0.717, 1.165) is 6.42 Å². The van der Waals surface area contributed by atoms with Crippen LogP contribution in [0.2, 0.25) is 0 Å². The molecule has 0 saturated carbocycles. The van der Waals surface area contributed by atoms with Gasteiger partial charge >= 0.3 is 5.97 Å². The van der Waals surface area contributed by atoms with Crippen molar-refractivity contribution in [3.8, 4) is 0 Å². The third-order valence-corrected chi connectivity index (χ3v) is 2.73. The van der Waals surface area contributed by atoms with Crippen molar-refractivity contribution in [2.24, 2.45) is 0 Å². The fourth-order valence-electron chi connectivity index (χ4n) is 1.91. The first kappa shape index (κ1) is 16.6. The summed E-state index contributed by atoms with van der Waals surface area (Å²) in [7, 11) is 1.65. The van der Waals surface area contributed by atoms with Gasteiger partial charge < -0.3 is 14.6 Å². The molecule has 0 aliphatic rings. The van der Waals surface area contributed by atoms with E-state index in [-0.39, 0.29) is 11.1 Å². The van der Waals surface area contributed by atoms with Crippen LogP contribution in [0.4, 0.5) is 0 Å². The first-order valence-electron chi connectivity index (χ1n) is 6.62. The van der Waals surface area contributed by atoms with Crippen molar-refractivity contribution >= 4 is 5.97 Å². The maximum atomic E-state index is 11.2. The standard InChI is InChI=1S/C13H23N3O4/c1-13(2,3)11-10(12(17)18)14-15-16(11)6-9-20-8-5-7-19-4/h5-9H2,1-4H3,(H,17,18). The molecule has 0 aliphatic carbocycles. The van der Waals surface area contributed by atoms with Crippen LogP contribution in [0.25, 0.3) is 0 Å². The minimum Gasteiger partial charge on any atom is -0.476 e. The van der Waals surface area contributed by atoms with E-state index in [0.29, 0.717) is 32.1 Å². The van der Waals surface area contributed by atoms with Crippen LogP contribution in [-0.2, 0) is 21.4 Å². The summed E-state index contributed by atoms with van der Waals surface area (Å²) in [4.78, 5) is 11.2. The summed E-state index contributed by atoms with van der Waals surface area (Å²) >= 11 is 0. The van der Waals surface area contributed by atoms with Crippen molar-refractivity contribution in [3.05, 3.63) is 11.4 Å². The zero-order valence-electron chi connectivity index (χ0n) is 12.5. The van der Waals surface area contributed by atoms with Crippen molar-refractivity contribution in [1.29, 1.82) is 0 Å². The molecule has 7 nitrogen and oxygen atoms in total. The molecule has 1 N–H and O–H groups in total. The molecule has 0 saturated heterocycles. The molecule has 1 heterocycles. The maximum absolute atomic E-state index is 11.2. The largest absolute Gasteiger partial charge is 0.476 e. The van der Waals surface area contributed by atoms with E-state index in [2.05, 4.69) is 10.3 Å². The van der Waals surface area contributed by atoms with E-state index in [1.165, 1.54) is 0 Å². The van der Waals surface area contributed by atoms with Crippen LogP contribution in [0.5, 0.6) is 0 Å². The Balaban J connectivity index is 2.64. The summed E-state index contributed by atoms with van der Waals surface area (Å²) in [6.45, 7) is 8.05. The normalized spacial score (nSPS) is 11.8. The first-order valence-corrected chi connectivity index (χ1v) is 6.62. The van der Waals surface area contributed by atoms with Gasteiger partial charge in [0.2, 0.25) is 0 Å². The van der Waals surface area contributed by atoms with Gasteiger partial charge in [-0.05, 0) is 6.42 Å². The number of rotatable bonds is 8. The van der Waals surface area contributed by atoms with Gasteiger partial charge in [0.15, 0.2) is 5.69 Å². The third-order valence-electron chi connectivity index (χ3n) is 2.73. The predicted octanol–water partition coefficient (Wildman–Crippen LogP) is 1.33. The molecule has 0 radical (unpaired) electrons. The quantitative estimate of drug-likeness (QED) is 0.725. The van der Waals surface area contributed by atoms with Crippen LogP contribution in [0.15, 0.2) is 0 Å². The van der Waals surface area contributed by atoms with Crippen molar-refractivity contribution in [2.45, 2.75) is 39.2 Å². The number of carboxylic acid groups (broad SMARTS) is 1. The highest BCUT2D eigenvalue weighted by molar-refractivity contribution is 5.86. The summed E-state index contributed by atoms with van der Waals surface area (Å²) in [6, 6.07) is 0. The van der Waals surface area contributed by atoms with E-state index in [9.17, 15) is 4.79 Å². The van der Waals surface area contributed by atoms with Gasteiger partial charge in [0.05, 0.1) is 18.8 Å². The Morgan fingerprint density at radius 3 is 2.55 bits per heavy atom. The van der Waals surface area contributed by atoms with E-state index in [1.807, 2.05) is 20.8 Å². The number of carbonyl (C=O) groups is 1. The molecule has 20 heavy (non-hydrogen) atoms. The van der Waals surface area contributed by atoms with Gasteiger partial charge in [-0.2, -0.15) is 0 Å². The lowest BCUT2D eigenvalue weighted by molar-refractivity contribution is 0.0686. The zero-order chi connectivity index (χ0) is 15.2. The lowest BCUT2D eigenvalue weighted by Crippen LogP contribution is -2.23. The van der Waals surface area contributed by atoms with Crippen molar-refractivity contribution in [3.63, 3.8) is 0 Å². The molecule has 1 aromatic heterocycles. The van der Waals surface area contributed by atoms with Crippen LogP contribution in [0.3, 0.4) is 0 Å². The van der Waals surface area contributed by atoms with Crippen molar-refractivity contribution in [2.75, 3.05) is 26.9 Å². The second-order valence-electron chi connectivity index (χ2n) is 5.52. The highest BCUT2D eigenvalue weighted by Crippen LogP contribution is 2.24. The fourth-order valence-corrected chi connectivity index (χ4v) is 1.91. The highest BCUT2D eigenvalue weighted by atomic mass is 16.5. The molecule has 0 spiro atoms. The van der Waals surface area contributed by atoms with Crippen LogP contribution in [0, 0.1) is 0 Å². The van der Waals surface area contributed by atoms with E-state index < -0.39 is 5.97 Å². The van der Waals surface area contributed by atoms with Crippen molar-refractivity contribution < 1.29 is 19.4 Å². The van der Waals surface area contributed by atoms with Gasteiger partial charge in [-0.25, -0.2) is 9.48 Å². The molecule has 0 aliphatic heterocycles. The number of hydrogen-bond acceptors (Lipinski definition) is 5. The van der Waals surface area contributed by atoms with Crippen LogP contribution in [0.1, 0.15) is 43.4 Å². The molecule has 7 heteroatoms. The summed E-state index contributed by atoms with van der Waals surface area (Å²) < 4.78 is 12.0. The topological polar surface area (TPSA) is 86.5 Å². The number of aromatic carboxylic acids is 1. The zero-order valence-corrected chi connectivity index (χ0v) is 12.5. The van der Waals surface area contributed by atoms with Gasteiger partial charge in [0.1, 0.15) is 0 Å². The summed E-state index contributed by atoms with van der Waals surface area (Å²) in [5.41, 5.74) is 0.287. The molecule has 0 amide bonds. The Labute approximate surface area is 118 Å². The number of aromatic nitrogens is 3. The molecule has 0 aromatic carbocycles. The fraction of sp³-hybridized carbons (Fsp3) is 0.769. The molecular formula is C13H23N3O4. The minimum absolute atomic E-state index is 0.0110. The van der Waals surface area contributed by atoms with Gasteiger partial charge in [0.25, 0.3) is 0 Å². The number of nitrogens with zero attached hydrogens (tertiary/aromatic N) is 3. The molecule has 1 aromatic rings. The first-order chi connectivity index (χ1) is 9.38. The summed E-state index contributed by atoms with van der Waals surface area (Å²) in [6.07, 6.45) is 0.834. The smallest absolute Gasteiger partial charge is 0.358 e. The number of ether oxygens (including phenoxy) is 2. The van der Waals surface area contributed by atoms with Gasteiger partial charge in [-0.15, -0.1) is 5.10 Å². The molecule has 1 rings (SSSR count). The second-order valence-corrected chi connectivity index (χ2v) is 5.52. The SMILES string of the molecule is COCCCOCCn1nnc(C(=O)O)c1C(C)(C)C. The van der Waals surface area contributed by atoms with Gasteiger partial charge in [-0.3, -0.25) is 0 Å². The number of carboxylic acids is 1. The van der Waals surface area contributed by atoms with E-state index in [4.69, 9.17) is 14.6 Å². The molecule has 0 bridgehead atoms. The lowest BCUT2D eigenvalue weighted by Gasteiger charge is -2.20. The number of hydrogen-bond donors (Lipinski definition) is 1. The summed E-state index contributed by atoms with van der Waals surface area (Å²) in [5.74, 6) is -1.05. The van der Waals surface area contributed by atoms with E-state index >= 15 is 0 Å². The lowest BCUT2D eigenvalue weighted by atomic mass is 9.90. The Hall–Kier alpha value is -1.47. The maximum Gasteiger partial charge on any atom is 0.358 e. The second kappa shape index (κ2) is 7.35. The van der Waals surface area contributed by atoms with Crippen LogP contribution < -0.4 is 0 Å². The van der Waals surface area contributed by atoms with Crippen LogP contribution in [-0.4, -0.2) is 53.0 Å². The number of methoxy groups -OCH3 is 1. The molecular weight excluding hydrogens is 262 g/mol. The monoisotopic (exact) mass is 285 g/mol. The molecule has 0 unspecified atom stereocenters. The van der Waals surface area contributed by atoms with Gasteiger partial charge in [-0.1, -0.05) is 26.0 Å². The average Bonchev–Trinajstić information content (AvgIpc) is 2.77. The Kier molecular flexibility index (Phi) is 6.09. The summed E-state index contributed by atoms with van der Waals surface area (Å²) in [5, 5.41) is 16.8. The van der Waals surface area contributed by atoms with E-state index in [1.54, 1.807) is 11.8 Å². The van der Waals surface area contributed by atoms with Crippen LogP contribution >= 0.6 is 0 Å². The van der Waals surface area contributed by atoms with Crippen molar-refractivity contribution in [1.82, 2.24) is 15.0 Å². The molecule has 0 atom stereocenters.